The largest absolute Gasteiger partial charge is 0.508 e. The van der Waals surface area contributed by atoms with Gasteiger partial charge in [0, 0.05) is 18.7 Å². The molecule has 1 N–H and O–H groups in total. The van der Waals surface area contributed by atoms with E-state index in [-0.39, 0.29) is 17.2 Å². The Hall–Kier alpha value is -3.64. The lowest BCUT2D eigenvalue weighted by Gasteiger charge is -2.15. The van der Waals surface area contributed by atoms with E-state index in [9.17, 15) is 14.7 Å². The van der Waals surface area contributed by atoms with Gasteiger partial charge in [0.05, 0.1) is 4.70 Å². The molecule has 4 rings (SSSR count). The number of aliphatic hydroxyl groups excluding tert-OH is 1. The molecule has 0 fully saturated rings. The molecule has 29 heavy (non-hydrogen) atoms. The minimum absolute atomic E-state index is 0.0105. The van der Waals surface area contributed by atoms with E-state index in [0.717, 1.165) is 11.1 Å². The molecule has 144 valence electrons. The van der Waals surface area contributed by atoms with Crippen molar-refractivity contribution in [3.8, 4) is 11.1 Å². The number of hydrogen-bond donors (Lipinski definition) is 1. The summed E-state index contributed by atoms with van der Waals surface area (Å²) >= 11 is 1.29. The molecule has 0 saturated heterocycles. The highest BCUT2D eigenvalue weighted by Gasteiger charge is 2.18. The maximum Gasteiger partial charge on any atom is 0.347 e. The summed E-state index contributed by atoms with van der Waals surface area (Å²) < 4.78 is 5.87. The van der Waals surface area contributed by atoms with E-state index in [2.05, 4.69) is 6.58 Å². The molecule has 2 heterocycles. The number of fused-ring (bicyclic) bond motifs is 1. The van der Waals surface area contributed by atoms with E-state index >= 15 is 0 Å². The van der Waals surface area contributed by atoms with Crippen molar-refractivity contribution in [2.24, 2.45) is 0 Å². The Morgan fingerprint density at radius 2 is 1.69 bits per heavy atom. The van der Waals surface area contributed by atoms with Gasteiger partial charge in [0.2, 0.25) is 0 Å². The van der Waals surface area contributed by atoms with E-state index in [1.165, 1.54) is 22.3 Å². The van der Waals surface area contributed by atoms with Gasteiger partial charge in [-0.1, -0.05) is 49.0 Å². The van der Waals surface area contributed by atoms with Crippen molar-refractivity contribution in [1.82, 2.24) is 0 Å². The fourth-order valence-corrected chi connectivity index (χ4v) is 3.99. The van der Waals surface area contributed by atoms with E-state index < -0.39 is 5.63 Å². The summed E-state index contributed by atoms with van der Waals surface area (Å²) in [5.74, 6) is -0.524. The second-order valence-electron chi connectivity index (χ2n) is 6.51. The third kappa shape index (κ3) is 3.58. The number of rotatable bonds is 4. The van der Waals surface area contributed by atoms with E-state index in [4.69, 9.17) is 4.42 Å². The smallest absolute Gasteiger partial charge is 0.347 e. The molecule has 2 aromatic heterocycles. The molecule has 0 unspecified atom stereocenters. The van der Waals surface area contributed by atoms with Crippen LogP contribution in [0.1, 0.15) is 15.9 Å². The maximum atomic E-state index is 12.9. The second kappa shape index (κ2) is 7.41. The van der Waals surface area contributed by atoms with Crippen LogP contribution in [0.4, 0.5) is 5.00 Å². The van der Waals surface area contributed by atoms with E-state index in [1.54, 1.807) is 25.2 Å². The van der Waals surface area contributed by atoms with Crippen molar-refractivity contribution in [1.29, 1.82) is 0 Å². The molecular formula is C23H17NO4S. The molecule has 5 nitrogen and oxygen atoms in total. The molecule has 0 radical (unpaired) electrons. The summed E-state index contributed by atoms with van der Waals surface area (Å²) in [6, 6.07) is 20.5. The quantitative estimate of drug-likeness (QED) is 0.468. The molecule has 0 aliphatic carbocycles. The molecule has 4 aromatic rings. The van der Waals surface area contributed by atoms with Crippen LogP contribution in [-0.2, 0) is 0 Å². The highest BCUT2D eigenvalue weighted by Crippen LogP contribution is 2.33. The predicted octanol–water partition coefficient (Wildman–Crippen LogP) is 5.33. The first-order valence-corrected chi connectivity index (χ1v) is 9.65. The van der Waals surface area contributed by atoms with Crippen molar-refractivity contribution in [3.05, 3.63) is 94.9 Å². The number of carbonyl (C=O) groups excluding carboxylic acids is 1. The van der Waals surface area contributed by atoms with Crippen LogP contribution in [-0.4, -0.2) is 18.1 Å². The Morgan fingerprint density at radius 1 is 1.03 bits per heavy atom. The first-order chi connectivity index (χ1) is 13.9. The first-order valence-electron chi connectivity index (χ1n) is 8.83. The number of nitrogens with zero attached hydrogens (tertiary/aromatic N) is 1. The molecule has 0 atom stereocenters. The fourth-order valence-electron chi connectivity index (χ4n) is 3.00. The number of amides is 1. The van der Waals surface area contributed by atoms with Gasteiger partial charge in [0.25, 0.3) is 5.91 Å². The van der Waals surface area contributed by atoms with Crippen LogP contribution in [0.3, 0.4) is 0 Å². The van der Waals surface area contributed by atoms with Gasteiger partial charge < -0.3 is 14.4 Å². The van der Waals surface area contributed by atoms with Crippen LogP contribution in [0.25, 0.3) is 27.2 Å². The van der Waals surface area contributed by atoms with Crippen molar-refractivity contribution in [2.75, 3.05) is 11.9 Å². The molecule has 0 spiro atoms. The lowest BCUT2D eigenvalue weighted by molar-refractivity contribution is 0.0993. The van der Waals surface area contributed by atoms with Crippen LogP contribution >= 0.6 is 11.3 Å². The van der Waals surface area contributed by atoms with Crippen LogP contribution in [0.5, 0.6) is 0 Å². The Labute approximate surface area is 170 Å². The van der Waals surface area contributed by atoms with Gasteiger partial charge >= 0.3 is 5.63 Å². The lowest BCUT2D eigenvalue weighted by atomic mass is 10.0. The zero-order valence-corrected chi connectivity index (χ0v) is 16.4. The van der Waals surface area contributed by atoms with Gasteiger partial charge in [-0.25, -0.2) is 4.79 Å². The third-order valence-electron chi connectivity index (χ3n) is 4.60. The van der Waals surface area contributed by atoms with E-state index in [0.29, 0.717) is 20.8 Å². The average Bonchev–Trinajstić information content (AvgIpc) is 3.15. The summed E-state index contributed by atoms with van der Waals surface area (Å²) in [6.45, 7) is 3.37. The van der Waals surface area contributed by atoms with Crippen LogP contribution in [0, 0.1) is 0 Å². The predicted molar refractivity (Wildman–Crippen MR) is 117 cm³/mol. The second-order valence-corrected chi connectivity index (χ2v) is 7.58. The van der Waals surface area contributed by atoms with Crippen molar-refractivity contribution < 1.29 is 14.3 Å². The highest BCUT2D eigenvalue weighted by molar-refractivity contribution is 7.22. The minimum atomic E-state index is -0.667. The molecule has 0 bridgehead atoms. The molecule has 0 aliphatic heterocycles. The molecule has 0 saturated carbocycles. The molecule has 1 amide bonds. The van der Waals surface area contributed by atoms with Crippen LogP contribution in [0.15, 0.2) is 82.5 Å². The molecule has 6 heteroatoms. The van der Waals surface area contributed by atoms with Crippen molar-refractivity contribution in [3.63, 3.8) is 0 Å². The Bertz CT molecular complexity index is 1270. The maximum absolute atomic E-state index is 12.9. The van der Waals surface area contributed by atoms with Gasteiger partial charge in [0.15, 0.2) is 5.58 Å². The summed E-state index contributed by atoms with van der Waals surface area (Å²) in [5, 5.41) is 10.1. The van der Waals surface area contributed by atoms with Crippen LogP contribution < -0.4 is 10.5 Å². The number of hydrogen-bond acceptors (Lipinski definition) is 5. The molecule has 2 aromatic carbocycles. The van der Waals surface area contributed by atoms with Crippen molar-refractivity contribution in [2.45, 2.75) is 0 Å². The SMILES string of the molecule is C=C(O)c1cc2sc(N(C)C(=O)c3ccc(-c4ccccc4)cc3)cc2oc1=O. The van der Waals surface area contributed by atoms with E-state index in [1.807, 2.05) is 42.5 Å². The number of carbonyl (C=O) groups is 1. The number of thiophene rings is 1. The minimum Gasteiger partial charge on any atom is -0.508 e. The standard InChI is InChI=1S/C23H17NO4S/c1-14(25)18-12-20-19(28-23(18)27)13-21(29-20)24(2)22(26)17-10-8-16(9-11-17)15-6-4-3-5-7-15/h3-13,25H,1H2,2H3. The number of aliphatic hydroxyl groups is 1. The molecular weight excluding hydrogens is 386 g/mol. The average molecular weight is 403 g/mol. The Morgan fingerprint density at radius 3 is 2.34 bits per heavy atom. The summed E-state index contributed by atoms with van der Waals surface area (Å²) in [4.78, 5) is 26.3. The zero-order chi connectivity index (χ0) is 20.5. The van der Waals surface area contributed by atoms with Gasteiger partial charge in [-0.2, -0.15) is 0 Å². The summed E-state index contributed by atoms with van der Waals surface area (Å²) in [5.41, 5.74) is 2.37. The first kappa shape index (κ1) is 18.7. The number of benzene rings is 2. The third-order valence-corrected chi connectivity index (χ3v) is 5.73. The summed E-state index contributed by atoms with van der Waals surface area (Å²) in [6.07, 6.45) is 0. The monoisotopic (exact) mass is 403 g/mol. The number of anilines is 1. The van der Waals surface area contributed by atoms with Gasteiger partial charge in [-0.15, -0.1) is 11.3 Å². The Balaban J connectivity index is 1.62. The highest BCUT2D eigenvalue weighted by atomic mass is 32.1. The van der Waals surface area contributed by atoms with Gasteiger partial charge in [-0.3, -0.25) is 4.79 Å². The Kier molecular flexibility index (Phi) is 4.78. The van der Waals surface area contributed by atoms with Crippen molar-refractivity contribution >= 4 is 38.3 Å². The lowest BCUT2D eigenvalue weighted by Crippen LogP contribution is -2.25. The summed E-state index contributed by atoms with van der Waals surface area (Å²) in [7, 11) is 1.67. The van der Waals surface area contributed by atoms with Gasteiger partial charge in [-0.05, 0) is 29.3 Å². The normalized spacial score (nSPS) is 10.8. The zero-order valence-electron chi connectivity index (χ0n) is 15.6. The topological polar surface area (TPSA) is 70.8 Å². The van der Waals surface area contributed by atoms with Gasteiger partial charge in [0.1, 0.15) is 16.3 Å². The molecule has 0 aliphatic rings. The van der Waals surface area contributed by atoms with Crippen LogP contribution in [0.2, 0.25) is 0 Å². The fraction of sp³-hybridized carbons (Fsp3) is 0.0435.